The highest BCUT2D eigenvalue weighted by molar-refractivity contribution is 5.76. The Morgan fingerprint density at radius 2 is 0.829 bits per heavy atom. The molecule has 1 aliphatic rings. The van der Waals surface area contributed by atoms with Crippen molar-refractivity contribution >= 4 is 5.91 Å². The van der Waals surface area contributed by atoms with Gasteiger partial charge in [-0.05, 0) is 83.5 Å². The maximum atomic E-state index is 13.0. The fourth-order valence-corrected chi connectivity index (χ4v) is 9.44. The molecule has 0 aliphatic carbocycles. The van der Waals surface area contributed by atoms with Gasteiger partial charge in [-0.15, -0.1) is 0 Å². The number of hydrogen-bond acceptors (Lipinski definition) is 8. The van der Waals surface area contributed by atoms with Crippen LogP contribution in [0, 0.1) is 0 Å². The molecule has 7 unspecified atom stereocenters. The van der Waals surface area contributed by atoms with Crippen molar-refractivity contribution in [2.24, 2.45) is 0 Å². The Hall–Kier alpha value is -2.89. The summed E-state index contributed by atoms with van der Waals surface area (Å²) in [5.74, 6) is -0.191. The molecule has 1 saturated heterocycles. The van der Waals surface area contributed by atoms with Gasteiger partial charge >= 0.3 is 0 Å². The van der Waals surface area contributed by atoms with Gasteiger partial charge in [-0.1, -0.05) is 272 Å². The first-order valence-electron chi connectivity index (χ1n) is 31.5. The van der Waals surface area contributed by atoms with Crippen LogP contribution in [0.2, 0.25) is 0 Å². The molecule has 0 bridgehead atoms. The van der Waals surface area contributed by atoms with Crippen molar-refractivity contribution in [1.29, 1.82) is 0 Å². The number of amides is 1. The minimum Gasteiger partial charge on any atom is -0.394 e. The lowest BCUT2D eigenvalue weighted by molar-refractivity contribution is -0.302. The van der Waals surface area contributed by atoms with Crippen LogP contribution in [0.3, 0.4) is 0 Å². The Labute approximate surface area is 466 Å². The van der Waals surface area contributed by atoms with E-state index in [4.69, 9.17) is 9.47 Å². The molecular weight excluding hydrogens is 947 g/mol. The molecule has 438 valence electrons. The molecule has 6 N–H and O–H groups in total. The maximum Gasteiger partial charge on any atom is 0.220 e. The van der Waals surface area contributed by atoms with E-state index in [2.05, 4.69) is 104 Å². The number of unbranched alkanes of at least 4 members (excludes halogenated alkanes) is 29. The molecule has 0 saturated carbocycles. The smallest absolute Gasteiger partial charge is 0.220 e. The average Bonchev–Trinajstić information content (AvgIpc) is 3.42. The van der Waals surface area contributed by atoms with Crippen LogP contribution in [0.15, 0.2) is 97.2 Å². The second kappa shape index (κ2) is 55.4. The number of hydrogen-bond donors (Lipinski definition) is 6. The van der Waals surface area contributed by atoms with E-state index >= 15 is 0 Å². The van der Waals surface area contributed by atoms with E-state index < -0.39 is 49.5 Å². The SMILES string of the molecule is CC/C=C\C/C=C\C/C=C\C/C=C\C/C=C\CCCCCCCCCCCCCCCCCCCCCCCCCCCC(=O)NC(COC1OC(CO)C(O)C(O)C1O)C(O)/C=C/CC/C=C/CC/C=C/CCCC. The normalized spacial score (nSPS) is 19.5. The molecule has 9 heteroatoms. The van der Waals surface area contributed by atoms with Gasteiger partial charge in [-0.25, -0.2) is 0 Å². The van der Waals surface area contributed by atoms with Gasteiger partial charge in [-0.2, -0.15) is 0 Å². The molecule has 9 nitrogen and oxygen atoms in total. The van der Waals surface area contributed by atoms with Crippen LogP contribution < -0.4 is 5.32 Å². The van der Waals surface area contributed by atoms with Gasteiger partial charge < -0.3 is 40.3 Å². The van der Waals surface area contributed by atoms with Gasteiger partial charge in [0.05, 0.1) is 25.4 Å². The second-order valence-corrected chi connectivity index (χ2v) is 21.4. The van der Waals surface area contributed by atoms with Gasteiger partial charge in [0, 0.05) is 6.42 Å². The monoisotopic (exact) mass is 1060 g/mol. The number of aliphatic hydroxyl groups excluding tert-OH is 5. The Bertz CT molecular complexity index is 1510. The van der Waals surface area contributed by atoms with Crippen molar-refractivity contribution < 1.29 is 39.8 Å². The summed E-state index contributed by atoms with van der Waals surface area (Å²) in [6.45, 7) is 3.59. The van der Waals surface area contributed by atoms with E-state index in [1.807, 2.05) is 6.08 Å². The summed E-state index contributed by atoms with van der Waals surface area (Å²) >= 11 is 0. The first-order chi connectivity index (χ1) is 37.3. The van der Waals surface area contributed by atoms with Gasteiger partial charge in [0.25, 0.3) is 0 Å². The molecular formula is C67H117NO8. The minimum absolute atomic E-state index is 0.191. The van der Waals surface area contributed by atoms with Crippen molar-refractivity contribution in [2.45, 2.75) is 307 Å². The van der Waals surface area contributed by atoms with Crippen molar-refractivity contribution in [3.63, 3.8) is 0 Å². The van der Waals surface area contributed by atoms with Crippen LogP contribution in [-0.2, 0) is 14.3 Å². The summed E-state index contributed by atoms with van der Waals surface area (Å²) in [6, 6.07) is -0.829. The zero-order valence-corrected chi connectivity index (χ0v) is 48.7. The fourth-order valence-electron chi connectivity index (χ4n) is 9.44. The van der Waals surface area contributed by atoms with E-state index in [9.17, 15) is 30.3 Å². The molecule has 1 fully saturated rings. The largest absolute Gasteiger partial charge is 0.394 e. The van der Waals surface area contributed by atoms with E-state index in [-0.39, 0.29) is 12.5 Å². The zero-order chi connectivity index (χ0) is 55.0. The van der Waals surface area contributed by atoms with Crippen LogP contribution in [0.25, 0.3) is 0 Å². The van der Waals surface area contributed by atoms with Crippen molar-refractivity contribution in [3.05, 3.63) is 97.2 Å². The number of rotatable bonds is 53. The van der Waals surface area contributed by atoms with E-state index in [0.29, 0.717) is 6.42 Å². The third-order valence-electron chi connectivity index (χ3n) is 14.4. The first-order valence-corrected chi connectivity index (χ1v) is 31.5. The minimum atomic E-state index is -1.58. The Balaban J connectivity index is 2.03. The van der Waals surface area contributed by atoms with Crippen LogP contribution in [0.5, 0.6) is 0 Å². The third kappa shape index (κ3) is 44.0. The Morgan fingerprint density at radius 1 is 0.461 bits per heavy atom. The molecule has 0 aromatic carbocycles. The average molecular weight is 1060 g/mol. The zero-order valence-electron chi connectivity index (χ0n) is 48.7. The lowest BCUT2D eigenvalue weighted by Gasteiger charge is -2.40. The lowest BCUT2D eigenvalue weighted by Crippen LogP contribution is -2.60. The number of carbonyl (C=O) groups is 1. The maximum absolute atomic E-state index is 13.0. The summed E-state index contributed by atoms with van der Waals surface area (Å²) in [5.41, 5.74) is 0. The van der Waals surface area contributed by atoms with Gasteiger partial charge in [0.1, 0.15) is 24.4 Å². The first kappa shape index (κ1) is 71.1. The highest BCUT2D eigenvalue weighted by atomic mass is 16.7. The number of carbonyl (C=O) groups excluding carboxylic acids is 1. The van der Waals surface area contributed by atoms with Crippen molar-refractivity contribution in [2.75, 3.05) is 13.2 Å². The van der Waals surface area contributed by atoms with Crippen molar-refractivity contribution in [3.8, 4) is 0 Å². The van der Waals surface area contributed by atoms with Crippen LogP contribution in [0.1, 0.15) is 264 Å². The molecule has 1 rings (SSSR count). The van der Waals surface area contributed by atoms with Crippen LogP contribution >= 0.6 is 0 Å². The number of ether oxygens (including phenoxy) is 2. The quantitative estimate of drug-likeness (QED) is 0.0261. The number of aliphatic hydroxyl groups is 5. The summed E-state index contributed by atoms with van der Waals surface area (Å²) in [7, 11) is 0. The molecule has 1 amide bonds. The van der Waals surface area contributed by atoms with E-state index in [1.165, 1.54) is 161 Å². The fraction of sp³-hybridized carbons (Fsp3) is 0.746. The summed E-state index contributed by atoms with van der Waals surface area (Å²) < 4.78 is 11.2. The second-order valence-electron chi connectivity index (χ2n) is 21.4. The molecule has 0 aromatic rings. The summed E-state index contributed by atoms with van der Waals surface area (Å²) in [5, 5.41) is 54.3. The number of nitrogens with one attached hydrogen (secondary N) is 1. The summed E-state index contributed by atoms with van der Waals surface area (Å²) in [6.07, 6.45) is 73.8. The highest BCUT2D eigenvalue weighted by Gasteiger charge is 2.44. The van der Waals surface area contributed by atoms with Gasteiger partial charge in [0.15, 0.2) is 6.29 Å². The standard InChI is InChI=1S/C67H117NO8/c1-3-5-7-9-11-13-15-17-18-19-20-21-22-23-24-25-26-27-28-29-30-31-32-33-34-35-36-37-38-39-40-41-42-43-44-45-47-49-51-53-55-57-63(71)68-60(59-75-67-66(74)65(73)64(72)62(58-69)76-67)61(70)56-54-52-50-48-46-16-14-12-10-8-6-4-2/h5,7,10-13,17-18,20-21,23-24,46,48,54,56,60-62,64-67,69-70,72-74H,3-4,6,8-9,14-16,19,22,25-45,47,49-53,55,57-59H2,1-2H3,(H,68,71)/b7-5-,12-10+,13-11-,18-17-,21-20-,24-23-,48-46+,56-54+. The predicted octanol–water partition coefficient (Wildman–Crippen LogP) is 16.4. The van der Waals surface area contributed by atoms with Crippen LogP contribution in [-0.4, -0.2) is 87.5 Å². The van der Waals surface area contributed by atoms with E-state index in [1.54, 1.807) is 6.08 Å². The molecule has 0 aromatic heterocycles. The summed E-state index contributed by atoms with van der Waals surface area (Å²) in [4.78, 5) is 13.0. The van der Waals surface area contributed by atoms with Crippen LogP contribution in [0.4, 0.5) is 0 Å². The highest BCUT2D eigenvalue weighted by Crippen LogP contribution is 2.23. The molecule has 76 heavy (non-hydrogen) atoms. The third-order valence-corrected chi connectivity index (χ3v) is 14.4. The van der Waals surface area contributed by atoms with Gasteiger partial charge in [0.2, 0.25) is 5.91 Å². The molecule has 0 radical (unpaired) electrons. The molecule has 1 aliphatic heterocycles. The molecule has 1 heterocycles. The lowest BCUT2D eigenvalue weighted by atomic mass is 9.99. The molecule has 0 spiro atoms. The van der Waals surface area contributed by atoms with Crippen molar-refractivity contribution in [1.82, 2.24) is 5.32 Å². The van der Waals surface area contributed by atoms with E-state index in [0.717, 1.165) is 83.5 Å². The van der Waals surface area contributed by atoms with Gasteiger partial charge in [-0.3, -0.25) is 4.79 Å². The predicted molar refractivity (Wildman–Crippen MR) is 322 cm³/mol. The topological polar surface area (TPSA) is 149 Å². The Morgan fingerprint density at radius 3 is 1.26 bits per heavy atom. The number of allylic oxidation sites excluding steroid dienone is 15. The molecule has 7 atom stereocenters. The Kier molecular flexibility index (Phi) is 51.9.